The van der Waals surface area contributed by atoms with Crippen molar-refractivity contribution >= 4 is 11.3 Å². The molecule has 0 fully saturated rings. The largest absolute Gasteiger partial charge is 0.497 e. The molecular formula is C14H15NO2S. The summed E-state index contributed by atoms with van der Waals surface area (Å²) in [6.07, 6.45) is 1.53. The van der Waals surface area contributed by atoms with Gasteiger partial charge in [0.25, 0.3) is 0 Å². The van der Waals surface area contributed by atoms with Crippen molar-refractivity contribution < 1.29 is 9.84 Å². The van der Waals surface area contributed by atoms with Crippen LogP contribution in [0.25, 0.3) is 11.3 Å². The number of hydrogen-bond donors (Lipinski definition) is 1. The lowest BCUT2D eigenvalue weighted by molar-refractivity contribution is 0.199. The van der Waals surface area contributed by atoms with Crippen LogP contribution in [-0.2, 0) is 12.8 Å². The second-order valence-electron chi connectivity index (χ2n) is 4.52. The Morgan fingerprint density at radius 2 is 2.22 bits per heavy atom. The van der Waals surface area contributed by atoms with E-state index in [4.69, 9.17) is 4.74 Å². The van der Waals surface area contributed by atoms with E-state index in [0.29, 0.717) is 0 Å². The van der Waals surface area contributed by atoms with Crippen LogP contribution in [0.1, 0.15) is 28.5 Å². The molecule has 0 saturated heterocycles. The molecule has 1 aromatic heterocycles. The Balaban J connectivity index is 2.10. The summed E-state index contributed by atoms with van der Waals surface area (Å²) in [5.41, 5.74) is 3.50. The van der Waals surface area contributed by atoms with Crippen LogP contribution >= 0.6 is 11.3 Å². The molecule has 4 heteroatoms. The number of aliphatic hydroxyl groups is 1. The first-order chi connectivity index (χ1) is 8.69. The number of methoxy groups -OCH3 is 1. The van der Waals surface area contributed by atoms with E-state index in [1.54, 1.807) is 25.4 Å². The molecule has 1 aliphatic rings. The highest BCUT2D eigenvalue weighted by Crippen LogP contribution is 2.38. The van der Waals surface area contributed by atoms with E-state index in [1.807, 2.05) is 6.07 Å². The third-order valence-electron chi connectivity index (χ3n) is 3.26. The maximum Gasteiger partial charge on any atom is 0.122 e. The average Bonchev–Trinajstić information content (AvgIpc) is 2.82. The second-order valence-corrected chi connectivity index (χ2v) is 5.64. The Hall–Kier alpha value is -1.39. The van der Waals surface area contributed by atoms with Gasteiger partial charge in [0, 0.05) is 10.4 Å². The van der Waals surface area contributed by atoms with Crippen LogP contribution in [0.15, 0.2) is 18.2 Å². The molecule has 18 heavy (non-hydrogen) atoms. The van der Waals surface area contributed by atoms with E-state index in [-0.39, 0.29) is 0 Å². The number of thiazole rings is 1. The molecule has 1 N–H and O–H groups in total. The Kier molecular flexibility index (Phi) is 2.84. The van der Waals surface area contributed by atoms with Crippen LogP contribution in [0.3, 0.4) is 0 Å². The zero-order chi connectivity index (χ0) is 12.7. The first kappa shape index (κ1) is 11.7. The van der Waals surface area contributed by atoms with E-state index in [1.165, 1.54) is 16.0 Å². The number of aromatic nitrogens is 1. The predicted octanol–water partition coefficient (Wildman–Crippen LogP) is 2.97. The van der Waals surface area contributed by atoms with Crippen LogP contribution in [0.4, 0.5) is 0 Å². The highest BCUT2D eigenvalue weighted by molar-refractivity contribution is 7.12. The number of nitrogens with zero attached hydrogens (tertiary/aromatic N) is 1. The van der Waals surface area contributed by atoms with Gasteiger partial charge in [0.05, 0.1) is 12.8 Å². The van der Waals surface area contributed by atoms with Gasteiger partial charge in [-0.05, 0) is 43.5 Å². The van der Waals surface area contributed by atoms with Gasteiger partial charge in [-0.3, -0.25) is 0 Å². The molecule has 0 amide bonds. The molecule has 3 nitrogen and oxygen atoms in total. The smallest absolute Gasteiger partial charge is 0.122 e. The van der Waals surface area contributed by atoms with E-state index in [0.717, 1.165) is 29.3 Å². The van der Waals surface area contributed by atoms with Crippen LogP contribution in [0.5, 0.6) is 5.75 Å². The summed E-state index contributed by atoms with van der Waals surface area (Å²) < 4.78 is 5.25. The molecule has 1 aliphatic carbocycles. The zero-order valence-electron chi connectivity index (χ0n) is 10.4. The molecule has 2 aromatic rings. The van der Waals surface area contributed by atoms with Gasteiger partial charge in [0.1, 0.15) is 16.9 Å². The van der Waals surface area contributed by atoms with Crippen molar-refractivity contribution in [1.29, 1.82) is 0 Å². The van der Waals surface area contributed by atoms with Crippen molar-refractivity contribution in [3.8, 4) is 17.0 Å². The van der Waals surface area contributed by atoms with Gasteiger partial charge in [0.2, 0.25) is 0 Å². The maximum atomic E-state index is 9.63. The minimum absolute atomic E-state index is 0.484. The molecule has 0 aliphatic heterocycles. The molecule has 94 valence electrons. The highest BCUT2D eigenvalue weighted by atomic mass is 32.1. The van der Waals surface area contributed by atoms with Crippen molar-refractivity contribution in [2.45, 2.75) is 25.9 Å². The minimum atomic E-state index is -0.484. The van der Waals surface area contributed by atoms with E-state index in [2.05, 4.69) is 17.1 Å². The van der Waals surface area contributed by atoms with Gasteiger partial charge in [-0.2, -0.15) is 0 Å². The third kappa shape index (κ3) is 1.82. The first-order valence-electron chi connectivity index (χ1n) is 6.04. The van der Waals surface area contributed by atoms with E-state index in [9.17, 15) is 5.11 Å². The van der Waals surface area contributed by atoms with Crippen molar-refractivity contribution in [1.82, 2.24) is 4.98 Å². The summed E-state index contributed by atoms with van der Waals surface area (Å²) in [5, 5.41) is 10.4. The molecular weight excluding hydrogens is 246 g/mol. The van der Waals surface area contributed by atoms with E-state index >= 15 is 0 Å². The molecule has 1 aromatic carbocycles. The molecule has 0 radical (unpaired) electrons. The Labute approximate surface area is 110 Å². The number of hydrogen-bond acceptors (Lipinski definition) is 4. The number of benzene rings is 1. The summed E-state index contributed by atoms with van der Waals surface area (Å²) in [6.45, 7) is 1.76. The van der Waals surface area contributed by atoms with Gasteiger partial charge >= 0.3 is 0 Å². The maximum absolute atomic E-state index is 9.63. The minimum Gasteiger partial charge on any atom is -0.497 e. The van der Waals surface area contributed by atoms with Crippen molar-refractivity contribution in [2.75, 3.05) is 7.11 Å². The van der Waals surface area contributed by atoms with Crippen LogP contribution < -0.4 is 4.74 Å². The van der Waals surface area contributed by atoms with Gasteiger partial charge in [0.15, 0.2) is 0 Å². The number of aryl methyl sites for hydroxylation is 2. The monoisotopic (exact) mass is 261 g/mol. The summed E-state index contributed by atoms with van der Waals surface area (Å²) in [5.74, 6) is 0.892. The molecule has 1 atom stereocenters. The van der Waals surface area contributed by atoms with Crippen molar-refractivity contribution in [3.05, 3.63) is 33.6 Å². The number of rotatable bonds is 2. The van der Waals surface area contributed by atoms with Gasteiger partial charge in [-0.1, -0.05) is 0 Å². The molecule has 0 saturated carbocycles. The van der Waals surface area contributed by atoms with Crippen LogP contribution in [0, 0.1) is 0 Å². The lowest BCUT2D eigenvalue weighted by Crippen LogP contribution is -2.02. The molecule has 1 heterocycles. The highest BCUT2D eigenvalue weighted by Gasteiger charge is 2.22. The van der Waals surface area contributed by atoms with Gasteiger partial charge < -0.3 is 9.84 Å². The quantitative estimate of drug-likeness (QED) is 0.903. The summed E-state index contributed by atoms with van der Waals surface area (Å²) in [6, 6.07) is 6.12. The van der Waals surface area contributed by atoms with Gasteiger partial charge in [-0.15, -0.1) is 11.3 Å². The Bertz CT molecular complexity index is 589. The predicted molar refractivity (Wildman–Crippen MR) is 72.1 cm³/mol. The summed E-state index contributed by atoms with van der Waals surface area (Å²) in [7, 11) is 1.68. The second kappa shape index (κ2) is 4.37. The number of fused-ring (bicyclic) bond motifs is 3. The Morgan fingerprint density at radius 3 is 2.94 bits per heavy atom. The molecule has 0 bridgehead atoms. The topological polar surface area (TPSA) is 42.4 Å². The van der Waals surface area contributed by atoms with Gasteiger partial charge in [-0.25, -0.2) is 4.98 Å². The van der Waals surface area contributed by atoms with Crippen molar-refractivity contribution in [2.24, 2.45) is 0 Å². The average molecular weight is 261 g/mol. The Morgan fingerprint density at radius 1 is 1.39 bits per heavy atom. The zero-order valence-corrected chi connectivity index (χ0v) is 11.3. The van der Waals surface area contributed by atoms with Crippen LogP contribution in [-0.4, -0.2) is 17.2 Å². The molecule has 1 unspecified atom stereocenters. The normalized spacial score (nSPS) is 14.8. The van der Waals surface area contributed by atoms with Crippen molar-refractivity contribution in [3.63, 3.8) is 0 Å². The summed E-state index contributed by atoms with van der Waals surface area (Å²) in [4.78, 5) is 5.86. The fourth-order valence-corrected chi connectivity index (χ4v) is 3.33. The molecule has 0 spiro atoms. The summed E-state index contributed by atoms with van der Waals surface area (Å²) >= 11 is 1.62. The first-order valence-corrected chi connectivity index (χ1v) is 6.85. The SMILES string of the molecule is COc1ccc2c(c1)CCc1sc(C(C)O)nc1-2. The third-order valence-corrected chi connectivity index (χ3v) is 4.55. The fourth-order valence-electron chi connectivity index (χ4n) is 2.31. The van der Waals surface area contributed by atoms with Crippen LogP contribution in [0.2, 0.25) is 0 Å². The molecule has 3 rings (SSSR count). The number of ether oxygens (including phenoxy) is 1. The van der Waals surface area contributed by atoms with E-state index < -0.39 is 6.10 Å². The number of aliphatic hydroxyl groups excluding tert-OH is 1. The lowest BCUT2D eigenvalue weighted by atomic mass is 9.93. The fraction of sp³-hybridized carbons (Fsp3) is 0.357. The standard InChI is InChI=1S/C14H15NO2S/c1-8(16)14-15-13-11-5-4-10(17-2)7-9(11)3-6-12(13)18-14/h4-5,7-8,16H,3,6H2,1-2H3. The lowest BCUT2D eigenvalue weighted by Gasteiger charge is -2.15.